The van der Waals surface area contributed by atoms with Gasteiger partial charge in [0.25, 0.3) is 0 Å². The number of hydrogen-bond donors (Lipinski definition) is 0. The van der Waals surface area contributed by atoms with Crippen LogP contribution in [0.5, 0.6) is 5.75 Å². The van der Waals surface area contributed by atoms with Gasteiger partial charge >= 0.3 is 0 Å². The fourth-order valence-corrected chi connectivity index (χ4v) is 3.48. The molecule has 0 spiro atoms. The first-order valence-corrected chi connectivity index (χ1v) is 9.83. The van der Waals surface area contributed by atoms with Crippen LogP contribution in [0.2, 0.25) is 0 Å². The molecule has 3 rings (SSSR count). The lowest BCUT2D eigenvalue weighted by Crippen LogP contribution is -2.37. The maximum absolute atomic E-state index is 13.1. The smallest absolute Gasteiger partial charge is 0.227 e. The standard InChI is InChI=1S/C23H30N2O3/c1-24(2)20-11-9-18(10-12-20)16-25(17-22-8-5-13-28-22)23(26)15-19-6-4-7-21(14-19)27-3/h4,6-7,9-12,14,22H,5,8,13,15-17H2,1-3H3/t22-/m1/s1. The summed E-state index contributed by atoms with van der Waals surface area (Å²) < 4.78 is 11.1. The van der Waals surface area contributed by atoms with Gasteiger partial charge < -0.3 is 19.3 Å². The number of ether oxygens (including phenoxy) is 2. The number of anilines is 1. The zero-order chi connectivity index (χ0) is 19.9. The molecule has 1 aliphatic heterocycles. The summed E-state index contributed by atoms with van der Waals surface area (Å²) in [6, 6.07) is 16.1. The Labute approximate surface area is 167 Å². The molecule has 1 amide bonds. The molecule has 0 aromatic heterocycles. The van der Waals surface area contributed by atoms with E-state index >= 15 is 0 Å². The second kappa shape index (κ2) is 9.60. The van der Waals surface area contributed by atoms with E-state index in [0.29, 0.717) is 19.5 Å². The quantitative estimate of drug-likeness (QED) is 0.701. The largest absolute Gasteiger partial charge is 0.497 e. The molecule has 0 bridgehead atoms. The summed E-state index contributed by atoms with van der Waals surface area (Å²) in [5.41, 5.74) is 3.24. The van der Waals surface area contributed by atoms with Crippen LogP contribution >= 0.6 is 0 Å². The van der Waals surface area contributed by atoms with Gasteiger partial charge in [-0.1, -0.05) is 24.3 Å². The van der Waals surface area contributed by atoms with Crippen LogP contribution in [0.1, 0.15) is 24.0 Å². The first kappa shape index (κ1) is 20.2. The van der Waals surface area contributed by atoms with Gasteiger partial charge in [0, 0.05) is 39.5 Å². The van der Waals surface area contributed by atoms with Crippen molar-refractivity contribution < 1.29 is 14.3 Å². The van der Waals surface area contributed by atoms with Crippen molar-refractivity contribution in [1.29, 1.82) is 0 Å². The number of carbonyl (C=O) groups is 1. The number of methoxy groups -OCH3 is 1. The van der Waals surface area contributed by atoms with Crippen molar-refractivity contribution in [2.75, 3.05) is 39.3 Å². The maximum Gasteiger partial charge on any atom is 0.227 e. The third kappa shape index (κ3) is 5.49. The van der Waals surface area contributed by atoms with Crippen molar-refractivity contribution in [3.05, 3.63) is 59.7 Å². The fourth-order valence-electron chi connectivity index (χ4n) is 3.48. The SMILES string of the molecule is COc1cccc(CC(=O)N(Cc2ccc(N(C)C)cc2)C[C@H]2CCCO2)c1. The lowest BCUT2D eigenvalue weighted by atomic mass is 10.1. The molecular weight excluding hydrogens is 352 g/mol. The molecule has 2 aromatic rings. The summed E-state index contributed by atoms with van der Waals surface area (Å²) in [5.74, 6) is 0.885. The highest BCUT2D eigenvalue weighted by atomic mass is 16.5. The molecule has 1 aliphatic rings. The summed E-state index contributed by atoms with van der Waals surface area (Å²) in [5, 5.41) is 0. The predicted octanol–water partition coefficient (Wildman–Crippen LogP) is 3.51. The molecule has 150 valence electrons. The molecule has 0 aliphatic carbocycles. The number of rotatable bonds is 8. The van der Waals surface area contributed by atoms with E-state index in [1.165, 1.54) is 0 Å². The number of nitrogens with zero attached hydrogens (tertiary/aromatic N) is 2. The second-order valence-electron chi connectivity index (χ2n) is 7.50. The third-order valence-corrected chi connectivity index (χ3v) is 5.12. The van der Waals surface area contributed by atoms with Crippen LogP contribution in [-0.4, -0.2) is 51.3 Å². The van der Waals surface area contributed by atoms with Gasteiger partial charge in [0.05, 0.1) is 19.6 Å². The minimum absolute atomic E-state index is 0.112. The molecule has 0 radical (unpaired) electrons. The normalized spacial score (nSPS) is 16.0. The molecule has 1 saturated heterocycles. The predicted molar refractivity (Wildman–Crippen MR) is 112 cm³/mol. The fraction of sp³-hybridized carbons (Fsp3) is 0.435. The number of hydrogen-bond acceptors (Lipinski definition) is 4. The number of amides is 1. The molecule has 2 aromatic carbocycles. The Morgan fingerprint density at radius 3 is 2.57 bits per heavy atom. The first-order valence-electron chi connectivity index (χ1n) is 9.83. The van der Waals surface area contributed by atoms with E-state index in [1.54, 1.807) is 7.11 Å². The Bertz CT molecular complexity index is 768. The molecule has 0 N–H and O–H groups in total. The number of carbonyl (C=O) groups excluding carboxylic acids is 1. The molecule has 28 heavy (non-hydrogen) atoms. The maximum atomic E-state index is 13.1. The molecule has 0 unspecified atom stereocenters. The van der Waals surface area contributed by atoms with Crippen molar-refractivity contribution in [2.45, 2.75) is 31.9 Å². The van der Waals surface area contributed by atoms with E-state index in [-0.39, 0.29) is 12.0 Å². The van der Waals surface area contributed by atoms with E-state index < -0.39 is 0 Å². The average molecular weight is 383 g/mol. The monoisotopic (exact) mass is 382 g/mol. The van der Waals surface area contributed by atoms with Crippen LogP contribution < -0.4 is 9.64 Å². The van der Waals surface area contributed by atoms with Crippen LogP contribution in [0.25, 0.3) is 0 Å². The van der Waals surface area contributed by atoms with Gasteiger partial charge in [-0.25, -0.2) is 0 Å². The molecule has 1 heterocycles. The van der Waals surface area contributed by atoms with Crippen molar-refractivity contribution in [2.24, 2.45) is 0 Å². The van der Waals surface area contributed by atoms with Crippen LogP contribution in [0.4, 0.5) is 5.69 Å². The van der Waals surface area contributed by atoms with Crippen LogP contribution in [0, 0.1) is 0 Å². The molecule has 5 heteroatoms. The van der Waals surface area contributed by atoms with Gasteiger partial charge in [-0.15, -0.1) is 0 Å². The van der Waals surface area contributed by atoms with Gasteiger partial charge in [-0.3, -0.25) is 4.79 Å². The highest BCUT2D eigenvalue weighted by Crippen LogP contribution is 2.19. The Hall–Kier alpha value is -2.53. The lowest BCUT2D eigenvalue weighted by molar-refractivity contribution is -0.132. The van der Waals surface area contributed by atoms with Crippen LogP contribution in [0.15, 0.2) is 48.5 Å². The van der Waals surface area contributed by atoms with Gasteiger partial charge in [0.2, 0.25) is 5.91 Å². The second-order valence-corrected chi connectivity index (χ2v) is 7.50. The van der Waals surface area contributed by atoms with E-state index in [0.717, 1.165) is 42.0 Å². The van der Waals surface area contributed by atoms with E-state index in [4.69, 9.17) is 9.47 Å². The van der Waals surface area contributed by atoms with Gasteiger partial charge in [-0.2, -0.15) is 0 Å². The summed E-state index contributed by atoms with van der Waals surface area (Å²) in [6.07, 6.45) is 2.58. The Morgan fingerprint density at radius 2 is 1.93 bits per heavy atom. The summed E-state index contributed by atoms with van der Waals surface area (Å²) in [7, 11) is 5.69. The average Bonchev–Trinajstić information content (AvgIpc) is 3.21. The lowest BCUT2D eigenvalue weighted by Gasteiger charge is -2.26. The zero-order valence-electron chi connectivity index (χ0n) is 17.1. The van der Waals surface area contributed by atoms with Crippen molar-refractivity contribution in [3.8, 4) is 5.75 Å². The van der Waals surface area contributed by atoms with Gasteiger partial charge in [-0.05, 0) is 48.2 Å². The molecular formula is C23H30N2O3. The zero-order valence-corrected chi connectivity index (χ0v) is 17.1. The molecule has 1 atom stereocenters. The molecule has 5 nitrogen and oxygen atoms in total. The summed E-state index contributed by atoms with van der Waals surface area (Å²) in [4.78, 5) is 17.1. The van der Waals surface area contributed by atoms with Crippen molar-refractivity contribution in [1.82, 2.24) is 4.90 Å². The van der Waals surface area contributed by atoms with Crippen molar-refractivity contribution in [3.63, 3.8) is 0 Å². The van der Waals surface area contributed by atoms with Crippen LogP contribution in [0.3, 0.4) is 0 Å². The molecule has 1 fully saturated rings. The minimum Gasteiger partial charge on any atom is -0.497 e. The highest BCUT2D eigenvalue weighted by Gasteiger charge is 2.23. The van der Waals surface area contributed by atoms with Gasteiger partial charge in [0.1, 0.15) is 5.75 Å². The first-order chi connectivity index (χ1) is 13.5. The van der Waals surface area contributed by atoms with Crippen molar-refractivity contribution >= 4 is 11.6 Å². The summed E-state index contributed by atoms with van der Waals surface area (Å²) >= 11 is 0. The Kier molecular flexibility index (Phi) is 6.93. The topological polar surface area (TPSA) is 42.0 Å². The Balaban J connectivity index is 1.72. The van der Waals surface area contributed by atoms with E-state index in [1.807, 2.05) is 43.3 Å². The summed E-state index contributed by atoms with van der Waals surface area (Å²) in [6.45, 7) is 2.02. The number of benzene rings is 2. The molecule has 0 saturated carbocycles. The van der Waals surface area contributed by atoms with Gasteiger partial charge in [0.15, 0.2) is 0 Å². The minimum atomic E-state index is 0.112. The highest BCUT2D eigenvalue weighted by molar-refractivity contribution is 5.79. The Morgan fingerprint density at radius 1 is 1.14 bits per heavy atom. The van der Waals surface area contributed by atoms with E-state index in [9.17, 15) is 4.79 Å². The van der Waals surface area contributed by atoms with E-state index in [2.05, 4.69) is 29.2 Å². The third-order valence-electron chi connectivity index (χ3n) is 5.12. The van der Waals surface area contributed by atoms with Crippen LogP contribution in [-0.2, 0) is 22.5 Å².